The Labute approximate surface area is 134 Å². The summed E-state index contributed by atoms with van der Waals surface area (Å²) in [4.78, 5) is 24.0. The lowest BCUT2D eigenvalue weighted by Crippen LogP contribution is -2.15. The number of nitrogens with zero attached hydrogens (tertiary/aromatic N) is 2. The van der Waals surface area contributed by atoms with Crippen LogP contribution in [0.25, 0.3) is 0 Å². The number of nitrogens with one attached hydrogen (secondary N) is 1. The summed E-state index contributed by atoms with van der Waals surface area (Å²) >= 11 is 0. The van der Waals surface area contributed by atoms with E-state index < -0.39 is 0 Å². The van der Waals surface area contributed by atoms with E-state index in [4.69, 9.17) is 4.74 Å². The second-order valence-corrected chi connectivity index (χ2v) is 5.50. The van der Waals surface area contributed by atoms with Crippen molar-refractivity contribution in [2.45, 2.75) is 26.2 Å². The van der Waals surface area contributed by atoms with Crippen molar-refractivity contribution in [1.29, 1.82) is 0 Å². The molecule has 1 aromatic carbocycles. The molecule has 2 aromatic rings. The van der Waals surface area contributed by atoms with E-state index in [9.17, 15) is 9.59 Å². The first kappa shape index (κ1) is 15.3. The Morgan fingerprint density at radius 2 is 2.00 bits per heavy atom. The number of carbonyl (C=O) groups excluding carboxylic acids is 2. The summed E-state index contributed by atoms with van der Waals surface area (Å²) in [6.45, 7) is 2.10. The van der Waals surface area contributed by atoms with Crippen LogP contribution in [0.4, 0.5) is 5.69 Å². The second kappa shape index (κ2) is 6.24. The van der Waals surface area contributed by atoms with Crippen LogP contribution in [0, 0.1) is 0 Å². The minimum Gasteiger partial charge on any atom is -0.462 e. The number of rotatable bonds is 4. The van der Waals surface area contributed by atoms with Gasteiger partial charge in [-0.1, -0.05) is 0 Å². The molecule has 3 rings (SSSR count). The Balaban J connectivity index is 1.73. The second-order valence-electron chi connectivity index (χ2n) is 5.50. The molecule has 1 N–H and O–H groups in total. The lowest BCUT2D eigenvalue weighted by atomic mass is 10.1. The van der Waals surface area contributed by atoms with Gasteiger partial charge in [-0.2, -0.15) is 5.10 Å². The highest BCUT2D eigenvalue weighted by atomic mass is 16.5. The predicted octanol–water partition coefficient (Wildman–Crippen LogP) is 2.34. The van der Waals surface area contributed by atoms with Crippen LogP contribution in [0.15, 0.2) is 24.3 Å². The van der Waals surface area contributed by atoms with Crippen LogP contribution in [0.3, 0.4) is 0 Å². The molecule has 1 aliphatic carbocycles. The molecule has 0 saturated carbocycles. The number of carbonyl (C=O) groups is 2. The summed E-state index contributed by atoms with van der Waals surface area (Å²) in [5, 5.41) is 7.16. The van der Waals surface area contributed by atoms with Crippen LogP contribution < -0.4 is 5.32 Å². The van der Waals surface area contributed by atoms with Crippen molar-refractivity contribution in [2.75, 3.05) is 11.9 Å². The third-order valence-corrected chi connectivity index (χ3v) is 3.98. The number of aromatic nitrogens is 2. The molecule has 0 radical (unpaired) electrons. The van der Waals surface area contributed by atoms with Crippen molar-refractivity contribution in [2.24, 2.45) is 7.05 Å². The number of hydrogen-bond donors (Lipinski definition) is 1. The van der Waals surface area contributed by atoms with Crippen molar-refractivity contribution in [3.8, 4) is 0 Å². The third kappa shape index (κ3) is 2.97. The Morgan fingerprint density at radius 3 is 2.70 bits per heavy atom. The molecule has 0 spiro atoms. The number of ether oxygens (including phenoxy) is 1. The van der Waals surface area contributed by atoms with E-state index >= 15 is 0 Å². The van der Waals surface area contributed by atoms with Gasteiger partial charge < -0.3 is 10.1 Å². The van der Waals surface area contributed by atoms with Gasteiger partial charge in [-0.25, -0.2) is 4.79 Å². The fourth-order valence-electron chi connectivity index (χ4n) is 2.89. The topological polar surface area (TPSA) is 73.2 Å². The minimum atomic E-state index is -0.368. The molecule has 6 heteroatoms. The lowest BCUT2D eigenvalue weighted by molar-refractivity contribution is 0.0526. The van der Waals surface area contributed by atoms with Gasteiger partial charge in [-0.3, -0.25) is 9.48 Å². The first-order valence-corrected chi connectivity index (χ1v) is 7.73. The summed E-state index contributed by atoms with van der Waals surface area (Å²) in [5.41, 5.74) is 3.78. The Morgan fingerprint density at radius 1 is 1.26 bits per heavy atom. The van der Waals surface area contributed by atoms with Crippen molar-refractivity contribution in [3.63, 3.8) is 0 Å². The Bertz CT molecular complexity index is 747. The molecule has 0 saturated heterocycles. The quantitative estimate of drug-likeness (QED) is 0.879. The van der Waals surface area contributed by atoms with E-state index in [0.717, 1.165) is 30.5 Å². The van der Waals surface area contributed by atoms with Crippen molar-refractivity contribution >= 4 is 17.6 Å². The first-order valence-electron chi connectivity index (χ1n) is 7.73. The average molecular weight is 313 g/mol. The fourth-order valence-corrected chi connectivity index (χ4v) is 2.89. The summed E-state index contributed by atoms with van der Waals surface area (Å²) in [6, 6.07) is 6.65. The molecule has 1 aliphatic rings. The molecular weight excluding hydrogens is 294 g/mol. The van der Waals surface area contributed by atoms with E-state index in [0.29, 0.717) is 23.6 Å². The molecule has 0 atom stereocenters. The maximum atomic E-state index is 12.4. The smallest absolute Gasteiger partial charge is 0.338 e. The first-order chi connectivity index (χ1) is 11.1. The SMILES string of the molecule is CCOC(=O)c1ccc(NC(=O)c2nn(C)c3c2CCC3)cc1. The standard InChI is InChI=1S/C17H19N3O3/c1-3-23-17(22)11-7-9-12(10-8-11)18-16(21)15-13-5-4-6-14(13)20(2)19-15/h7-10H,3-6H2,1-2H3,(H,18,21). The number of fused-ring (bicyclic) bond motifs is 1. The highest BCUT2D eigenvalue weighted by Crippen LogP contribution is 2.25. The van der Waals surface area contributed by atoms with Gasteiger partial charge in [0.05, 0.1) is 12.2 Å². The van der Waals surface area contributed by atoms with Crippen LogP contribution in [0.5, 0.6) is 0 Å². The average Bonchev–Trinajstić information content (AvgIpc) is 3.12. The van der Waals surface area contributed by atoms with E-state index in [-0.39, 0.29) is 11.9 Å². The van der Waals surface area contributed by atoms with Crippen molar-refractivity contribution in [3.05, 3.63) is 46.8 Å². The zero-order valence-corrected chi connectivity index (χ0v) is 13.3. The van der Waals surface area contributed by atoms with E-state index in [1.807, 2.05) is 7.05 Å². The summed E-state index contributed by atoms with van der Waals surface area (Å²) in [6.07, 6.45) is 2.93. The number of esters is 1. The number of aryl methyl sites for hydroxylation is 1. The molecule has 1 amide bonds. The lowest BCUT2D eigenvalue weighted by Gasteiger charge is -2.06. The fraction of sp³-hybridized carbons (Fsp3) is 0.353. The molecule has 1 aromatic heterocycles. The van der Waals surface area contributed by atoms with Crippen LogP contribution in [-0.4, -0.2) is 28.3 Å². The molecule has 0 unspecified atom stereocenters. The molecular formula is C17H19N3O3. The van der Waals surface area contributed by atoms with Gasteiger partial charge in [-0.05, 0) is 50.5 Å². The maximum absolute atomic E-state index is 12.4. The van der Waals surface area contributed by atoms with Crippen LogP contribution in [-0.2, 0) is 24.6 Å². The Kier molecular flexibility index (Phi) is 4.14. The van der Waals surface area contributed by atoms with Gasteiger partial charge in [0.15, 0.2) is 5.69 Å². The molecule has 0 bridgehead atoms. The summed E-state index contributed by atoms with van der Waals surface area (Å²) in [7, 11) is 1.87. The summed E-state index contributed by atoms with van der Waals surface area (Å²) < 4.78 is 6.73. The van der Waals surface area contributed by atoms with Crippen molar-refractivity contribution in [1.82, 2.24) is 9.78 Å². The van der Waals surface area contributed by atoms with Gasteiger partial charge in [-0.15, -0.1) is 0 Å². The summed E-state index contributed by atoms with van der Waals surface area (Å²) in [5.74, 6) is -0.583. The minimum absolute atomic E-state index is 0.215. The number of hydrogen-bond acceptors (Lipinski definition) is 4. The Hall–Kier alpha value is -2.63. The highest BCUT2D eigenvalue weighted by molar-refractivity contribution is 6.04. The molecule has 23 heavy (non-hydrogen) atoms. The van der Waals surface area contributed by atoms with Gasteiger partial charge in [0.2, 0.25) is 0 Å². The zero-order chi connectivity index (χ0) is 16.4. The monoisotopic (exact) mass is 313 g/mol. The van der Waals surface area contributed by atoms with Gasteiger partial charge in [0.1, 0.15) is 0 Å². The molecule has 1 heterocycles. The van der Waals surface area contributed by atoms with Gasteiger partial charge >= 0.3 is 5.97 Å². The molecule has 0 aliphatic heterocycles. The predicted molar refractivity (Wildman–Crippen MR) is 85.6 cm³/mol. The van der Waals surface area contributed by atoms with Gasteiger partial charge in [0.25, 0.3) is 5.91 Å². The zero-order valence-electron chi connectivity index (χ0n) is 13.3. The van der Waals surface area contributed by atoms with Crippen LogP contribution >= 0.6 is 0 Å². The largest absolute Gasteiger partial charge is 0.462 e. The van der Waals surface area contributed by atoms with Gasteiger partial charge in [0, 0.05) is 24.0 Å². The van der Waals surface area contributed by atoms with Crippen LogP contribution in [0.1, 0.15) is 45.4 Å². The maximum Gasteiger partial charge on any atom is 0.338 e. The third-order valence-electron chi connectivity index (χ3n) is 3.98. The van der Waals surface area contributed by atoms with E-state index in [1.54, 1.807) is 35.9 Å². The van der Waals surface area contributed by atoms with E-state index in [2.05, 4.69) is 10.4 Å². The normalized spacial score (nSPS) is 12.8. The van der Waals surface area contributed by atoms with Crippen molar-refractivity contribution < 1.29 is 14.3 Å². The molecule has 6 nitrogen and oxygen atoms in total. The number of benzene rings is 1. The van der Waals surface area contributed by atoms with E-state index in [1.165, 1.54) is 0 Å². The molecule has 120 valence electrons. The van der Waals surface area contributed by atoms with Crippen LogP contribution in [0.2, 0.25) is 0 Å². The number of amides is 1. The molecule has 0 fully saturated rings. The highest BCUT2D eigenvalue weighted by Gasteiger charge is 2.25. The number of anilines is 1.